The van der Waals surface area contributed by atoms with Crippen molar-refractivity contribution in [2.75, 3.05) is 27.9 Å². The van der Waals surface area contributed by atoms with E-state index >= 15 is 0 Å². The SMILES string of the molecule is COc1cc(C(=O)c2c(C)c(C#N)c(=O)n(CCCOC(C)C)c2O)cc(OC)c1OC. The third-order valence-corrected chi connectivity index (χ3v) is 4.93. The molecule has 1 aromatic carbocycles. The Morgan fingerprint density at radius 2 is 1.75 bits per heavy atom. The van der Waals surface area contributed by atoms with Crippen molar-refractivity contribution in [1.29, 1.82) is 5.26 Å². The van der Waals surface area contributed by atoms with E-state index in [1.165, 1.54) is 40.4 Å². The predicted molar refractivity (Wildman–Crippen MR) is 117 cm³/mol. The molecule has 0 aliphatic carbocycles. The van der Waals surface area contributed by atoms with E-state index in [4.69, 9.17) is 18.9 Å². The van der Waals surface area contributed by atoms with Gasteiger partial charge in [-0.1, -0.05) is 0 Å². The lowest BCUT2D eigenvalue weighted by atomic mass is 9.96. The molecule has 0 saturated carbocycles. The van der Waals surface area contributed by atoms with Gasteiger partial charge >= 0.3 is 0 Å². The Kier molecular flexibility index (Phi) is 8.27. The number of ether oxygens (including phenoxy) is 4. The normalized spacial score (nSPS) is 10.7. The smallest absolute Gasteiger partial charge is 0.271 e. The van der Waals surface area contributed by atoms with Crippen LogP contribution < -0.4 is 19.8 Å². The molecule has 0 fully saturated rings. The zero-order chi connectivity index (χ0) is 24.0. The van der Waals surface area contributed by atoms with Crippen LogP contribution >= 0.6 is 0 Å². The second kappa shape index (κ2) is 10.7. The Morgan fingerprint density at radius 1 is 1.16 bits per heavy atom. The molecule has 9 nitrogen and oxygen atoms in total. The summed E-state index contributed by atoms with van der Waals surface area (Å²) in [5.41, 5.74) is -0.768. The molecule has 0 amide bonds. The third kappa shape index (κ3) is 4.86. The lowest BCUT2D eigenvalue weighted by Crippen LogP contribution is -2.27. The molecule has 0 radical (unpaired) electrons. The first-order valence-corrected chi connectivity index (χ1v) is 10.0. The van der Waals surface area contributed by atoms with Gasteiger partial charge in [-0.3, -0.25) is 14.2 Å². The van der Waals surface area contributed by atoms with E-state index in [1.807, 2.05) is 19.9 Å². The summed E-state index contributed by atoms with van der Waals surface area (Å²) in [6.07, 6.45) is 0.433. The van der Waals surface area contributed by atoms with Crippen LogP contribution in [-0.2, 0) is 11.3 Å². The Hall–Kier alpha value is -3.51. The van der Waals surface area contributed by atoms with Crippen molar-refractivity contribution in [2.24, 2.45) is 0 Å². The quantitative estimate of drug-likeness (QED) is 0.439. The van der Waals surface area contributed by atoms with Crippen LogP contribution in [0.3, 0.4) is 0 Å². The minimum Gasteiger partial charge on any atom is -0.494 e. The van der Waals surface area contributed by atoms with E-state index in [1.54, 1.807) is 0 Å². The van der Waals surface area contributed by atoms with Crippen LogP contribution in [0.1, 0.15) is 47.3 Å². The Bertz CT molecular complexity index is 1070. The average Bonchev–Trinajstić information content (AvgIpc) is 2.77. The van der Waals surface area contributed by atoms with Crippen LogP contribution in [-0.4, -0.2) is 49.5 Å². The zero-order valence-corrected chi connectivity index (χ0v) is 19.1. The fourth-order valence-electron chi connectivity index (χ4n) is 3.33. The maximum absolute atomic E-state index is 13.4. The topological polar surface area (TPSA) is 120 Å². The van der Waals surface area contributed by atoms with Gasteiger partial charge in [0.25, 0.3) is 5.56 Å². The molecule has 0 saturated heterocycles. The number of pyridine rings is 1. The molecular formula is C23H28N2O7. The summed E-state index contributed by atoms with van der Waals surface area (Å²) in [6, 6.07) is 4.74. The first-order valence-electron chi connectivity index (χ1n) is 10.0. The van der Waals surface area contributed by atoms with Gasteiger partial charge in [-0.2, -0.15) is 5.26 Å². The number of carbonyl (C=O) groups is 1. The maximum Gasteiger partial charge on any atom is 0.271 e. The number of ketones is 1. The summed E-state index contributed by atoms with van der Waals surface area (Å²) in [6.45, 7) is 5.67. The second-order valence-electron chi connectivity index (χ2n) is 7.28. The van der Waals surface area contributed by atoms with Crippen LogP contribution in [0.15, 0.2) is 16.9 Å². The van der Waals surface area contributed by atoms with Gasteiger partial charge in [0.2, 0.25) is 11.6 Å². The van der Waals surface area contributed by atoms with E-state index in [0.717, 1.165) is 4.57 Å². The number of nitriles is 1. The predicted octanol–water partition coefficient (Wildman–Crippen LogP) is 2.81. The molecule has 0 atom stereocenters. The summed E-state index contributed by atoms with van der Waals surface area (Å²) in [7, 11) is 4.28. The van der Waals surface area contributed by atoms with Gasteiger partial charge in [-0.25, -0.2) is 0 Å². The fourth-order valence-corrected chi connectivity index (χ4v) is 3.33. The van der Waals surface area contributed by atoms with Gasteiger partial charge < -0.3 is 24.1 Å². The largest absolute Gasteiger partial charge is 0.494 e. The van der Waals surface area contributed by atoms with E-state index in [0.29, 0.717) is 18.8 Å². The van der Waals surface area contributed by atoms with E-state index in [2.05, 4.69) is 0 Å². The molecule has 1 heterocycles. The number of aromatic nitrogens is 1. The lowest BCUT2D eigenvalue weighted by Gasteiger charge is -2.17. The molecule has 1 aromatic heterocycles. The van der Waals surface area contributed by atoms with Crippen molar-refractivity contribution < 1.29 is 28.8 Å². The van der Waals surface area contributed by atoms with Crippen molar-refractivity contribution in [3.05, 3.63) is 44.7 Å². The van der Waals surface area contributed by atoms with E-state index in [9.17, 15) is 20.0 Å². The second-order valence-corrected chi connectivity index (χ2v) is 7.28. The summed E-state index contributed by atoms with van der Waals surface area (Å²) in [4.78, 5) is 26.2. The van der Waals surface area contributed by atoms with Crippen molar-refractivity contribution >= 4 is 5.78 Å². The number of rotatable bonds is 10. The molecule has 0 bridgehead atoms. The van der Waals surface area contributed by atoms with Crippen molar-refractivity contribution in [1.82, 2.24) is 4.57 Å². The van der Waals surface area contributed by atoms with Gasteiger partial charge in [0.1, 0.15) is 11.6 Å². The van der Waals surface area contributed by atoms with Crippen LogP contribution in [0.2, 0.25) is 0 Å². The number of aromatic hydroxyl groups is 1. The van der Waals surface area contributed by atoms with Gasteiger partial charge in [-0.15, -0.1) is 0 Å². The third-order valence-electron chi connectivity index (χ3n) is 4.93. The number of nitrogens with zero attached hydrogens (tertiary/aromatic N) is 2. The molecule has 32 heavy (non-hydrogen) atoms. The van der Waals surface area contributed by atoms with E-state index in [-0.39, 0.29) is 46.4 Å². The molecule has 9 heteroatoms. The van der Waals surface area contributed by atoms with Gasteiger partial charge in [-0.05, 0) is 44.9 Å². The Morgan fingerprint density at radius 3 is 2.22 bits per heavy atom. The lowest BCUT2D eigenvalue weighted by molar-refractivity contribution is 0.0743. The highest BCUT2D eigenvalue weighted by molar-refractivity contribution is 6.12. The van der Waals surface area contributed by atoms with Gasteiger partial charge in [0, 0.05) is 18.7 Å². The molecular weight excluding hydrogens is 416 g/mol. The van der Waals surface area contributed by atoms with Crippen LogP contribution in [0.4, 0.5) is 0 Å². The Labute approximate surface area is 186 Å². The van der Waals surface area contributed by atoms with Gasteiger partial charge in [0.05, 0.1) is 33.0 Å². The Balaban J connectivity index is 2.62. The molecule has 0 aliphatic heterocycles. The highest BCUT2D eigenvalue weighted by Gasteiger charge is 2.26. The summed E-state index contributed by atoms with van der Waals surface area (Å²) >= 11 is 0. The minimum atomic E-state index is -0.659. The zero-order valence-electron chi connectivity index (χ0n) is 19.1. The number of benzene rings is 1. The summed E-state index contributed by atoms with van der Waals surface area (Å²) in [5, 5.41) is 20.4. The molecule has 1 N–H and O–H groups in total. The van der Waals surface area contributed by atoms with E-state index < -0.39 is 17.2 Å². The molecule has 0 aliphatic rings. The fraction of sp³-hybridized carbons (Fsp3) is 0.435. The molecule has 0 spiro atoms. The van der Waals surface area contributed by atoms with Crippen LogP contribution in [0, 0.1) is 18.3 Å². The first-order chi connectivity index (χ1) is 15.2. The molecule has 172 valence electrons. The van der Waals surface area contributed by atoms with Gasteiger partial charge in [0.15, 0.2) is 17.3 Å². The number of methoxy groups -OCH3 is 3. The standard InChI is InChI=1S/C23H28N2O7/c1-13(2)32-9-7-8-25-22(27)16(12-24)14(3)19(23(25)28)20(26)15-10-17(29-4)21(31-6)18(11-15)30-5/h10-11,13,28H,7-9H2,1-6H3. The summed E-state index contributed by atoms with van der Waals surface area (Å²) < 4.78 is 22.4. The van der Waals surface area contributed by atoms with Crippen LogP contribution in [0.5, 0.6) is 23.1 Å². The number of carbonyl (C=O) groups excluding carboxylic acids is 1. The highest BCUT2D eigenvalue weighted by atomic mass is 16.5. The average molecular weight is 444 g/mol. The summed E-state index contributed by atoms with van der Waals surface area (Å²) in [5.74, 6) is -0.280. The number of hydrogen-bond acceptors (Lipinski definition) is 8. The first kappa shape index (κ1) is 24.8. The molecule has 2 rings (SSSR count). The monoisotopic (exact) mass is 444 g/mol. The number of hydrogen-bond donors (Lipinski definition) is 1. The molecule has 0 unspecified atom stereocenters. The molecule has 2 aromatic rings. The van der Waals surface area contributed by atoms with Crippen molar-refractivity contribution in [2.45, 2.75) is 39.8 Å². The highest BCUT2D eigenvalue weighted by Crippen LogP contribution is 2.39. The van der Waals surface area contributed by atoms with Crippen molar-refractivity contribution in [3.63, 3.8) is 0 Å². The van der Waals surface area contributed by atoms with Crippen molar-refractivity contribution in [3.8, 4) is 29.2 Å². The maximum atomic E-state index is 13.4. The minimum absolute atomic E-state index is 0.0187. The van der Waals surface area contributed by atoms with Crippen LogP contribution in [0.25, 0.3) is 0 Å².